The standard InChI is InChI=1S/C16H14BrN3O2/c17-13-9-5-4-8-12(13)15(21)19-14(16(22)20-18)10-11-6-2-1-3-7-11/h1-10H,18H2,(H,19,21)(H,20,22)/b14-10-. The third kappa shape index (κ3) is 4.03. The number of hydrogen-bond donors (Lipinski definition) is 3. The molecule has 0 saturated heterocycles. The highest BCUT2D eigenvalue weighted by Crippen LogP contribution is 2.16. The van der Waals surface area contributed by atoms with Crippen LogP contribution in [-0.2, 0) is 4.79 Å². The monoisotopic (exact) mass is 359 g/mol. The Morgan fingerprint density at radius 3 is 2.27 bits per heavy atom. The van der Waals surface area contributed by atoms with Gasteiger partial charge in [-0.25, -0.2) is 5.84 Å². The van der Waals surface area contributed by atoms with E-state index in [2.05, 4.69) is 21.2 Å². The number of nitrogens with two attached hydrogens (primary N) is 1. The highest BCUT2D eigenvalue weighted by molar-refractivity contribution is 9.10. The summed E-state index contributed by atoms with van der Waals surface area (Å²) in [6.07, 6.45) is 1.55. The minimum absolute atomic E-state index is 0.0643. The van der Waals surface area contributed by atoms with Crippen molar-refractivity contribution < 1.29 is 9.59 Å². The van der Waals surface area contributed by atoms with Gasteiger partial charge in [-0.3, -0.25) is 15.0 Å². The number of halogens is 1. The number of carbonyl (C=O) groups excluding carboxylic acids is 2. The normalized spacial score (nSPS) is 10.9. The summed E-state index contributed by atoms with van der Waals surface area (Å²) < 4.78 is 0.639. The average molecular weight is 360 g/mol. The highest BCUT2D eigenvalue weighted by Gasteiger charge is 2.15. The molecule has 6 heteroatoms. The summed E-state index contributed by atoms with van der Waals surface area (Å²) in [5.74, 6) is 4.19. The lowest BCUT2D eigenvalue weighted by Gasteiger charge is -2.10. The summed E-state index contributed by atoms with van der Waals surface area (Å²) in [4.78, 5) is 24.1. The van der Waals surface area contributed by atoms with Gasteiger partial charge >= 0.3 is 0 Å². The second kappa shape index (κ2) is 7.53. The van der Waals surface area contributed by atoms with Crippen molar-refractivity contribution in [1.29, 1.82) is 0 Å². The van der Waals surface area contributed by atoms with Gasteiger partial charge in [0.15, 0.2) is 0 Å². The van der Waals surface area contributed by atoms with E-state index >= 15 is 0 Å². The highest BCUT2D eigenvalue weighted by atomic mass is 79.9. The van der Waals surface area contributed by atoms with Crippen LogP contribution in [0.1, 0.15) is 15.9 Å². The molecule has 22 heavy (non-hydrogen) atoms. The van der Waals surface area contributed by atoms with E-state index < -0.39 is 11.8 Å². The van der Waals surface area contributed by atoms with Gasteiger partial charge in [0.1, 0.15) is 5.70 Å². The molecule has 0 aliphatic carbocycles. The van der Waals surface area contributed by atoms with Gasteiger partial charge in [0.2, 0.25) is 0 Å². The van der Waals surface area contributed by atoms with Crippen molar-refractivity contribution in [2.24, 2.45) is 5.84 Å². The summed E-state index contributed by atoms with van der Waals surface area (Å²) >= 11 is 3.30. The minimum Gasteiger partial charge on any atom is -0.317 e. The van der Waals surface area contributed by atoms with Crippen LogP contribution in [0, 0.1) is 0 Å². The van der Waals surface area contributed by atoms with Gasteiger partial charge < -0.3 is 5.32 Å². The molecule has 0 unspecified atom stereocenters. The molecule has 0 aromatic heterocycles. The van der Waals surface area contributed by atoms with Crippen molar-refractivity contribution in [3.63, 3.8) is 0 Å². The van der Waals surface area contributed by atoms with Gasteiger partial charge in [0.25, 0.3) is 11.8 Å². The van der Waals surface area contributed by atoms with Crippen LogP contribution in [0.25, 0.3) is 6.08 Å². The maximum Gasteiger partial charge on any atom is 0.281 e. The first-order valence-corrected chi connectivity index (χ1v) is 7.24. The van der Waals surface area contributed by atoms with E-state index in [4.69, 9.17) is 5.84 Å². The second-order valence-electron chi connectivity index (χ2n) is 4.38. The molecule has 0 atom stereocenters. The minimum atomic E-state index is -0.579. The van der Waals surface area contributed by atoms with Gasteiger partial charge in [0, 0.05) is 4.47 Å². The molecule has 0 heterocycles. The molecule has 5 nitrogen and oxygen atoms in total. The first-order valence-electron chi connectivity index (χ1n) is 6.45. The molecule has 0 aliphatic rings. The van der Waals surface area contributed by atoms with Crippen LogP contribution < -0.4 is 16.6 Å². The molecule has 0 spiro atoms. The smallest absolute Gasteiger partial charge is 0.281 e. The molecule has 112 valence electrons. The Morgan fingerprint density at radius 1 is 1.00 bits per heavy atom. The van der Waals surface area contributed by atoms with Crippen LogP contribution in [0.4, 0.5) is 0 Å². The number of amides is 2. The lowest BCUT2D eigenvalue weighted by Crippen LogP contribution is -2.38. The van der Waals surface area contributed by atoms with Crippen molar-refractivity contribution in [3.8, 4) is 0 Å². The van der Waals surface area contributed by atoms with Crippen LogP contribution >= 0.6 is 15.9 Å². The zero-order valence-electron chi connectivity index (χ0n) is 11.5. The lowest BCUT2D eigenvalue weighted by atomic mass is 10.1. The molecule has 0 aliphatic heterocycles. The molecule has 0 radical (unpaired) electrons. The van der Waals surface area contributed by atoms with E-state index in [1.807, 2.05) is 35.8 Å². The molecule has 0 fully saturated rings. The number of benzene rings is 2. The van der Waals surface area contributed by atoms with E-state index in [0.717, 1.165) is 5.56 Å². The molecule has 4 N–H and O–H groups in total. The van der Waals surface area contributed by atoms with Crippen LogP contribution in [0.5, 0.6) is 0 Å². The number of rotatable bonds is 4. The molecule has 2 rings (SSSR count). The Kier molecular flexibility index (Phi) is 5.46. The van der Waals surface area contributed by atoms with E-state index in [9.17, 15) is 9.59 Å². The summed E-state index contributed by atoms with van der Waals surface area (Å²) in [6.45, 7) is 0. The molecule has 2 aromatic rings. The molecular weight excluding hydrogens is 346 g/mol. The van der Waals surface area contributed by atoms with Gasteiger partial charge in [0.05, 0.1) is 5.56 Å². The Bertz CT molecular complexity index is 714. The lowest BCUT2D eigenvalue weighted by molar-refractivity contribution is -0.117. The maximum absolute atomic E-state index is 12.3. The molecular formula is C16H14BrN3O2. The predicted octanol–water partition coefficient (Wildman–Crippen LogP) is 2.21. The van der Waals surface area contributed by atoms with E-state index in [-0.39, 0.29) is 5.70 Å². The first kappa shape index (κ1) is 15.9. The van der Waals surface area contributed by atoms with Crippen LogP contribution in [0.3, 0.4) is 0 Å². The topological polar surface area (TPSA) is 84.2 Å². The van der Waals surface area contributed by atoms with E-state index in [1.54, 1.807) is 30.3 Å². The Balaban J connectivity index is 2.28. The number of hydrazine groups is 1. The zero-order valence-corrected chi connectivity index (χ0v) is 13.1. The fraction of sp³-hybridized carbons (Fsp3) is 0. The summed E-state index contributed by atoms with van der Waals surface area (Å²) in [6, 6.07) is 16.1. The second-order valence-corrected chi connectivity index (χ2v) is 5.23. The van der Waals surface area contributed by atoms with Crippen LogP contribution in [-0.4, -0.2) is 11.8 Å². The van der Waals surface area contributed by atoms with Gasteiger partial charge in [-0.05, 0) is 39.7 Å². The number of hydrogen-bond acceptors (Lipinski definition) is 3. The Labute approximate surface area is 136 Å². The van der Waals surface area contributed by atoms with Gasteiger partial charge in [-0.15, -0.1) is 0 Å². The average Bonchev–Trinajstić information content (AvgIpc) is 2.54. The molecule has 2 aromatic carbocycles. The largest absolute Gasteiger partial charge is 0.317 e. The SMILES string of the molecule is NNC(=O)/C(=C/c1ccccc1)NC(=O)c1ccccc1Br. The Morgan fingerprint density at radius 2 is 1.64 bits per heavy atom. The summed E-state index contributed by atoms with van der Waals surface area (Å²) in [5, 5.41) is 2.57. The number of carbonyl (C=O) groups is 2. The molecule has 2 amide bonds. The van der Waals surface area contributed by atoms with Crippen molar-refractivity contribution in [2.45, 2.75) is 0 Å². The fourth-order valence-corrected chi connectivity index (χ4v) is 2.25. The predicted molar refractivity (Wildman–Crippen MR) is 88.4 cm³/mol. The van der Waals surface area contributed by atoms with Crippen molar-refractivity contribution in [3.05, 3.63) is 75.9 Å². The third-order valence-electron chi connectivity index (χ3n) is 2.85. The quantitative estimate of drug-likeness (QED) is 0.338. The molecule has 0 bridgehead atoms. The summed E-state index contributed by atoms with van der Waals surface area (Å²) in [7, 11) is 0. The maximum atomic E-state index is 12.3. The van der Waals surface area contributed by atoms with E-state index in [1.165, 1.54) is 0 Å². The van der Waals surface area contributed by atoms with Crippen LogP contribution in [0.2, 0.25) is 0 Å². The first-order chi connectivity index (χ1) is 10.6. The van der Waals surface area contributed by atoms with E-state index in [0.29, 0.717) is 10.0 Å². The van der Waals surface area contributed by atoms with Gasteiger partial charge in [-0.1, -0.05) is 42.5 Å². The van der Waals surface area contributed by atoms with Crippen molar-refractivity contribution in [1.82, 2.24) is 10.7 Å². The van der Waals surface area contributed by atoms with Crippen molar-refractivity contribution >= 4 is 33.8 Å². The van der Waals surface area contributed by atoms with Crippen LogP contribution in [0.15, 0.2) is 64.8 Å². The zero-order chi connectivity index (χ0) is 15.9. The van der Waals surface area contributed by atoms with Crippen molar-refractivity contribution in [2.75, 3.05) is 0 Å². The number of nitrogens with one attached hydrogen (secondary N) is 2. The fourth-order valence-electron chi connectivity index (χ4n) is 1.79. The Hall–Kier alpha value is -2.44. The third-order valence-corrected chi connectivity index (χ3v) is 3.54. The molecule has 0 saturated carbocycles. The van der Waals surface area contributed by atoms with Gasteiger partial charge in [-0.2, -0.15) is 0 Å². The summed E-state index contributed by atoms with van der Waals surface area (Å²) in [5.41, 5.74) is 3.28.